The number of hydrogen-bond acceptors (Lipinski definition) is 0. The summed E-state index contributed by atoms with van der Waals surface area (Å²) in [6, 6.07) is 7.27. The molecule has 0 fully saturated rings. The topological polar surface area (TPSA) is 0 Å². The highest BCUT2D eigenvalue weighted by atomic mass is 19.2. The lowest BCUT2D eigenvalue weighted by Crippen LogP contribution is -1.95. The van der Waals surface area contributed by atoms with Gasteiger partial charge in [0.1, 0.15) is 11.6 Å². The van der Waals surface area contributed by atoms with Crippen LogP contribution in [0.1, 0.15) is 30.0 Å². The molecule has 0 unspecified atom stereocenters. The molecule has 0 atom stereocenters. The zero-order valence-corrected chi connectivity index (χ0v) is 13.8. The maximum absolute atomic E-state index is 14.1. The SMILES string of the molecule is CCCc1cc(F)c(C#Cc2ccc3c(F)c(F)c(F)cc3c2)c(F)c1. The zero-order valence-electron chi connectivity index (χ0n) is 13.8. The van der Waals surface area contributed by atoms with Crippen LogP contribution in [0.3, 0.4) is 0 Å². The lowest BCUT2D eigenvalue weighted by molar-refractivity contribution is 0.453. The third-order valence-electron chi connectivity index (χ3n) is 3.95. The average Bonchev–Trinajstić information content (AvgIpc) is 2.59. The van der Waals surface area contributed by atoms with Crippen molar-refractivity contribution in [3.63, 3.8) is 0 Å². The van der Waals surface area contributed by atoms with E-state index in [1.54, 1.807) is 0 Å². The van der Waals surface area contributed by atoms with Crippen molar-refractivity contribution in [3.05, 3.63) is 82.2 Å². The van der Waals surface area contributed by atoms with Crippen LogP contribution in [0, 0.1) is 40.9 Å². The van der Waals surface area contributed by atoms with Crippen LogP contribution in [-0.2, 0) is 6.42 Å². The van der Waals surface area contributed by atoms with Gasteiger partial charge in [0.05, 0.1) is 5.56 Å². The first-order valence-corrected chi connectivity index (χ1v) is 7.98. The number of hydrogen-bond donors (Lipinski definition) is 0. The molecule has 0 aliphatic carbocycles. The second kappa shape index (κ2) is 7.17. The van der Waals surface area contributed by atoms with Gasteiger partial charge in [-0.15, -0.1) is 0 Å². The second-order valence-electron chi connectivity index (χ2n) is 5.86. The van der Waals surface area contributed by atoms with Gasteiger partial charge >= 0.3 is 0 Å². The molecular formula is C21H13F5. The fourth-order valence-electron chi connectivity index (χ4n) is 2.70. The Hall–Kier alpha value is -2.87. The Bertz CT molecular complexity index is 1030. The van der Waals surface area contributed by atoms with E-state index in [2.05, 4.69) is 11.8 Å². The molecule has 0 aromatic heterocycles. The highest BCUT2D eigenvalue weighted by Gasteiger charge is 2.13. The van der Waals surface area contributed by atoms with Crippen LogP contribution in [0.25, 0.3) is 10.8 Å². The first kappa shape index (κ1) is 17.9. The molecule has 0 saturated heterocycles. The van der Waals surface area contributed by atoms with E-state index in [-0.39, 0.29) is 16.3 Å². The molecule has 0 saturated carbocycles. The van der Waals surface area contributed by atoms with Crippen molar-refractivity contribution in [2.45, 2.75) is 19.8 Å². The van der Waals surface area contributed by atoms with E-state index in [0.717, 1.165) is 12.5 Å². The van der Waals surface area contributed by atoms with Gasteiger partial charge in [0, 0.05) is 10.9 Å². The molecule has 0 bridgehead atoms. The fraction of sp³-hybridized carbons (Fsp3) is 0.143. The third-order valence-corrected chi connectivity index (χ3v) is 3.95. The Balaban J connectivity index is 2.02. The van der Waals surface area contributed by atoms with E-state index in [0.29, 0.717) is 17.5 Å². The normalized spacial score (nSPS) is 10.7. The summed E-state index contributed by atoms with van der Waals surface area (Å²) >= 11 is 0. The number of benzene rings is 3. The molecule has 3 rings (SSSR count). The van der Waals surface area contributed by atoms with Crippen molar-refractivity contribution in [2.24, 2.45) is 0 Å². The van der Waals surface area contributed by atoms with Gasteiger partial charge in [0.15, 0.2) is 17.5 Å². The van der Waals surface area contributed by atoms with Gasteiger partial charge in [-0.3, -0.25) is 0 Å². The Labute approximate surface area is 147 Å². The monoisotopic (exact) mass is 360 g/mol. The molecule has 5 heteroatoms. The average molecular weight is 360 g/mol. The van der Waals surface area contributed by atoms with Crippen molar-refractivity contribution in [1.29, 1.82) is 0 Å². The quantitative estimate of drug-likeness (QED) is 0.304. The molecule has 3 aromatic carbocycles. The summed E-state index contributed by atoms with van der Waals surface area (Å²) < 4.78 is 68.4. The van der Waals surface area contributed by atoms with E-state index in [4.69, 9.17) is 0 Å². The second-order valence-corrected chi connectivity index (χ2v) is 5.86. The molecule has 0 aliphatic heterocycles. The molecule has 132 valence electrons. The van der Waals surface area contributed by atoms with E-state index in [1.165, 1.54) is 30.3 Å². The molecule has 0 spiro atoms. The lowest BCUT2D eigenvalue weighted by Gasteiger charge is -2.03. The zero-order chi connectivity index (χ0) is 18.8. The molecule has 0 radical (unpaired) electrons. The van der Waals surface area contributed by atoms with Crippen molar-refractivity contribution in [1.82, 2.24) is 0 Å². The minimum Gasteiger partial charge on any atom is -0.206 e. The summed E-state index contributed by atoms with van der Waals surface area (Å²) in [7, 11) is 0. The summed E-state index contributed by atoms with van der Waals surface area (Å²) in [6.07, 6.45) is 1.31. The van der Waals surface area contributed by atoms with E-state index >= 15 is 0 Å². The molecule has 0 nitrogen and oxygen atoms in total. The fourth-order valence-corrected chi connectivity index (χ4v) is 2.70. The van der Waals surface area contributed by atoms with Crippen molar-refractivity contribution in [3.8, 4) is 11.8 Å². The Morgan fingerprint density at radius 3 is 2.12 bits per heavy atom. The largest absolute Gasteiger partial charge is 0.206 e. The summed E-state index contributed by atoms with van der Waals surface area (Å²) in [5.74, 6) is -0.698. The van der Waals surface area contributed by atoms with Crippen molar-refractivity contribution >= 4 is 10.8 Å². The summed E-state index contributed by atoms with van der Waals surface area (Å²) in [5, 5.41) is 0.00293. The predicted molar refractivity (Wildman–Crippen MR) is 90.2 cm³/mol. The molecule has 0 heterocycles. The van der Waals surface area contributed by atoms with E-state index in [9.17, 15) is 22.0 Å². The van der Waals surface area contributed by atoms with Gasteiger partial charge in [0.2, 0.25) is 0 Å². The van der Waals surface area contributed by atoms with Gasteiger partial charge in [-0.1, -0.05) is 31.3 Å². The molecular weight excluding hydrogens is 347 g/mol. The highest BCUT2D eigenvalue weighted by Crippen LogP contribution is 2.24. The molecule has 26 heavy (non-hydrogen) atoms. The molecule has 0 aliphatic rings. The first-order chi connectivity index (χ1) is 12.4. The number of fused-ring (bicyclic) bond motifs is 1. The first-order valence-electron chi connectivity index (χ1n) is 7.98. The van der Waals surface area contributed by atoms with Gasteiger partial charge in [-0.25, -0.2) is 22.0 Å². The maximum Gasteiger partial charge on any atom is 0.195 e. The minimum atomic E-state index is -1.55. The molecule has 0 amide bonds. The third kappa shape index (κ3) is 3.41. The van der Waals surface area contributed by atoms with Crippen LogP contribution in [0.2, 0.25) is 0 Å². The van der Waals surface area contributed by atoms with Crippen LogP contribution in [-0.4, -0.2) is 0 Å². The number of halogens is 5. The van der Waals surface area contributed by atoms with Crippen molar-refractivity contribution < 1.29 is 22.0 Å². The van der Waals surface area contributed by atoms with Gasteiger partial charge in [0.25, 0.3) is 0 Å². The van der Waals surface area contributed by atoms with Gasteiger partial charge in [-0.2, -0.15) is 0 Å². The van der Waals surface area contributed by atoms with Crippen molar-refractivity contribution in [2.75, 3.05) is 0 Å². The molecule has 0 N–H and O–H groups in total. The number of rotatable bonds is 2. The molecule has 3 aromatic rings. The van der Waals surface area contributed by atoms with Crippen LogP contribution in [0.4, 0.5) is 22.0 Å². The summed E-state index contributed by atoms with van der Waals surface area (Å²) in [5.41, 5.74) is 0.465. The van der Waals surface area contributed by atoms with Gasteiger partial charge in [-0.05, 0) is 47.7 Å². The highest BCUT2D eigenvalue weighted by molar-refractivity contribution is 5.84. The van der Waals surface area contributed by atoms with Crippen LogP contribution < -0.4 is 0 Å². The van der Waals surface area contributed by atoms with E-state index in [1.807, 2.05) is 6.92 Å². The summed E-state index contributed by atoms with van der Waals surface area (Å²) in [4.78, 5) is 0. The predicted octanol–water partition coefficient (Wildman–Crippen LogP) is 5.89. The van der Waals surface area contributed by atoms with E-state index < -0.39 is 29.1 Å². The smallest absolute Gasteiger partial charge is 0.195 e. The van der Waals surface area contributed by atoms with Crippen LogP contribution in [0.5, 0.6) is 0 Å². The van der Waals surface area contributed by atoms with Crippen LogP contribution in [0.15, 0.2) is 36.4 Å². The maximum atomic E-state index is 14.1. The Kier molecular flexibility index (Phi) is 4.94. The minimum absolute atomic E-state index is 0.101. The van der Waals surface area contributed by atoms with Crippen LogP contribution >= 0.6 is 0 Å². The number of aryl methyl sites for hydroxylation is 1. The Morgan fingerprint density at radius 2 is 1.46 bits per heavy atom. The lowest BCUT2D eigenvalue weighted by atomic mass is 10.0. The Morgan fingerprint density at radius 1 is 0.769 bits per heavy atom. The van der Waals surface area contributed by atoms with Gasteiger partial charge < -0.3 is 0 Å². The summed E-state index contributed by atoms with van der Waals surface area (Å²) in [6.45, 7) is 1.90. The standard InChI is InChI=1S/C21H13F5/c1-2-3-13-9-17(22)16(18(23)10-13)7-5-12-4-6-15-14(8-12)11-19(24)21(26)20(15)25/h4,6,8-11H,2-3H2,1H3.